The molecule has 2 atom stereocenters. The Morgan fingerprint density at radius 3 is 2.84 bits per heavy atom. The molecule has 0 bridgehead atoms. The van der Waals surface area contributed by atoms with Crippen molar-refractivity contribution in [3.05, 3.63) is 54.6 Å². The minimum Gasteiger partial charge on any atom is -0.478 e. The van der Waals surface area contributed by atoms with Gasteiger partial charge >= 0.3 is 0 Å². The zero-order chi connectivity index (χ0) is 17.8. The molecule has 0 fully saturated rings. The van der Waals surface area contributed by atoms with Crippen LogP contribution in [0.4, 0.5) is 0 Å². The van der Waals surface area contributed by atoms with Crippen molar-refractivity contribution in [1.82, 2.24) is 14.5 Å². The number of nitrogens with two attached hydrogens (primary N) is 1. The molecule has 2 aromatic heterocycles. The van der Waals surface area contributed by atoms with Gasteiger partial charge in [-0.25, -0.2) is 9.97 Å². The van der Waals surface area contributed by atoms with Gasteiger partial charge in [-0.3, -0.25) is 4.79 Å². The highest BCUT2D eigenvalue weighted by atomic mass is 16.5. The number of hydrogen-bond acceptors (Lipinski definition) is 5. The molecule has 0 aliphatic heterocycles. The molecule has 2 unspecified atom stereocenters. The molecule has 3 N–H and O–H groups in total. The second-order valence-electron chi connectivity index (χ2n) is 5.86. The third-order valence-corrected chi connectivity index (χ3v) is 4.03. The van der Waals surface area contributed by atoms with Gasteiger partial charge in [-0.15, -0.1) is 0 Å². The lowest BCUT2D eigenvalue weighted by Crippen LogP contribution is -2.23. The molecule has 0 aliphatic carbocycles. The van der Waals surface area contributed by atoms with Crippen molar-refractivity contribution in [3.63, 3.8) is 0 Å². The van der Waals surface area contributed by atoms with Gasteiger partial charge in [0.2, 0.25) is 5.88 Å². The van der Waals surface area contributed by atoms with Crippen molar-refractivity contribution in [3.8, 4) is 5.88 Å². The van der Waals surface area contributed by atoms with E-state index in [0.717, 1.165) is 10.9 Å². The van der Waals surface area contributed by atoms with Gasteiger partial charge in [0, 0.05) is 24.1 Å². The fourth-order valence-electron chi connectivity index (χ4n) is 2.70. The van der Waals surface area contributed by atoms with E-state index in [9.17, 15) is 9.90 Å². The molecule has 0 aliphatic rings. The van der Waals surface area contributed by atoms with Crippen LogP contribution >= 0.6 is 0 Å². The number of nitrogens with zero attached hydrogens (tertiary/aromatic N) is 3. The zero-order valence-electron chi connectivity index (χ0n) is 13.9. The van der Waals surface area contributed by atoms with Crippen LogP contribution in [0.3, 0.4) is 0 Å². The minimum atomic E-state index is -0.636. The predicted octanol–water partition coefficient (Wildman–Crippen LogP) is 1.92. The summed E-state index contributed by atoms with van der Waals surface area (Å²) >= 11 is 0. The van der Waals surface area contributed by atoms with Crippen molar-refractivity contribution < 1.29 is 14.6 Å². The van der Waals surface area contributed by atoms with Gasteiger partial charge < -0.3 is 20.1 Å². The minimum absolute atomic E-state index is 0.169. The van der Waals surface area contributed by atoms with E-state index in [0.29, 0.717) is 18.9 Å². The molecule has 7 heteroatoms. The van der Waals surface area contributed by atoms with Gasteiger partial charge in [0.25, 0.3) is 5.91 Å². The third kappa shape index (κ3) is 3.95. The molecule has 0 spiro atoms. The van der Waals surface area contributed by atoms with Crippen LogP contribution in [0.5, 0.6) is 5.88 Å². The number of pyridine rings is 1. The SMILES string of the molecule is CC(O)C(CCOc1ccc2ccccc2n1)n1cnc(C(N)=O)c1. The molecular formula is C18H20N4O3. The summed E-state index contributed by atoms with van der Waals surface area (Å²) in [6.45, 7) is 2.05. The van der Waals surface area contributed by atoms with E-state index in [1.165, 1.54) is 12.5 Å². The van der Waals surface area contributed by atoms with Crippen LogP contribution in [0.15, 0.2) is 48.9 Å². The van der Waals surface area contributed by atoms with E-state index >= 15 is 0 Å². The fourth-order valence-corrected chi connectivity index (χ4v) is 2.70. The summed E-state index contributed by atoms with van der Waals surface area (Å²) < 4.78 is 7.41. The molecule has 7 nitrogen and oxygen atoms in total. The molecular weight excluding hydrogens is 320 g/mol. The van der Waals surface area contributed by atoms with Gasteiger partial charge in [-0.2, -0.15) is 0 Å². The number of aliphatic hydroxyl groups excluding tert-OH is 1. The molecule has 1 amide bonds. The number of carbonyl (C=O) groups excluding carboxylic acids is 1. The van der Waals surface area contributed by atoms with Crippen molar-refractivity contribution in [2.45, 2.75) is 25.5 Å². The first kappa shape index (κ1) is 16.9. The maximum absolute atomic E-state index is 11.2. The zero-order valence-corrected chi connectivity index (χ0v) is 13.9. The Hall–Kier alpha value is -2.93. The van der Waals surface area contributed by atoms with Crippen LogP contribution in [0.1, 0.15) is 29.9 Å². The number of rotatable bonds is 7. The number of aromatic nitrogens is 3. The van der Waals surface area contributed by atoms with Crippen LogP contribution in [-0.4, -0.2) is 38.3 Å². The van der Waals surface area contributed by atoms with E-state index in [-0.39, 0.29) is 11.7 Å². The number of benzene rings is 1. The Labute approximate surface area is 145 Å². The number of primary amides is 1. The van der Waals surface area contributed by atoms with Gasteiger partial charge in [0.1, 0.15) is 5.69 Å². The number of ether oxygens (including phenoxy) is 1. The summed E-state index contributed by atoms with van der Waals surface area (Å²) in [5.41, 5.74) is 6.25. The molecule has 2 heterocycles. The van der Waals surface area contributed by atoms with E-state index in [2.05, 4.69) is 9.97 Å². The van der Waals surface area contributed by atoms with E-state index in [1.807, 2.05) is 36.4 Å². The summed E-state index contributed by atoms with van der Waals surface area (Å²) in [5, 5.41) is 11.1. The molecule has 1 aromatic carbocycles. The highest BCUT2D eigenvalue weighted by Gasteiger charge is 2.19. The Morgan fingerprint density at radius 1 is 1.32 bits per heavy atom. The number of carbonyl (C=O) groups is 1. The summed E-state index contributed by atoms with van der Waals surface area (Å²) in [6, 6.07) is 11.3. The summed E-state index contributed by atoms with van der Waals surface area (Å²) in [6.07, 6.45) is 2.92. The van der Waals surface area contributed by atoms with Gasteiger partial charge in [-0.05, 0) is 19.1 Å². The highest BCUT2D eigenvalue weighted by Crippen LogP contribution is 2.20. The molecule has 0 saturated heterocycles. The lowest BCUT2D eigenvalue weighted by molar-refractivity contribution is 0.0993. The normalized spacial score (nSPS) is 13.5. The van der Waals surface area contributed by atoms with Gasteiger partial charge in [-0.1, -0.05) is 18.2 Å². The number of para-hydroxylation sites is 1. The van der Waals surface area contributed by atoms with Crippen molar-refractivity contribution >= 4 is 16.8 Å². The third-order valence-electron chi connectivity index (χ3n) is 4.03. The molecule has 3 rings (SSSR count). The highest BCUT2D eigenvalue weighted by molar-refractivity contribution is 5.90. The Balaban J connectivity index is 1.65. The molecule has 0 saturated carbocycles. The first-order valence-electron chi connectivity index (χ1n) is 8.04. The van der Waals surface area contributed by atoms with E-state index in [1.54, 1.807) is 11.5 Å². The Morgan fingerprint density at radius 2 is 2.12 bits per heavy atom. The van der Waals surface area contributed by atoms with Crippen LogP contribution in [0.25, 0.3) is 10.9 Å². The summed E-state index contributed by atoms with van der Waals surface area (Å²) in [5.74, 6) is -0.0637. The molecule has 25 heavy (non-hydrogen) atoms. The number of fused-ring (bicyclic) bond motifs is 1. The van der Waals surface area contributed by atoms with Crippen LogP contribution < -0.4 is 10.5 Å². The van der Waals surface area contributed by atoms with E-state index < -0.39 is 12.0 Å². The van der Waals surface area contributed by atoms with Crippen LogP contribution in [-0.2, 0) is 0 Å². The monoisotopic (exact) mass is 340 g/mol. The number of imidazole rings is 1. The van der Waals surface area contributed by atoms with Crippen molar-refractivity contribution in [2.24, 2.45) is 5.73 Å². The maximum Gasteiger partial charge on any atom is 0.268 e. The summed E-state index contributed by atoms with van der Waals surface area (Å²) in [7, 11) is 0. The predicted molar refractivity (Wildman–Crippen MR) is 93.3 cm³/mol. The second-order valence-corrected chi connectivity index (χ2v) is 5.86. The second kappa shape index (κ2) is 7.31. The lowest BCUT2D eigenvalue weighted by Gasteiger charge is -2.21. The van der Waals surface area contributed by atoms with E-state index in [4.69, 9.17) is 10.5 Å². The molecule has 0 radical (unpaired) electrons. The lowest BCUT2D eigenvalue weighted by atomic mass is 10.1. The Kier molecular flexibility index (Phi) is 4.95. The number of hydrogen-bond donors (Lipinski definition) is 2. The summed E-state index contributed by atoms with van der Waals surface area (Å²) in [4.78, 5) is 19.6. The van der Waals surface area contributed by atoms with Crippen LogP contribution in [0, 0.1) is 0 Å². The van der Waals surface area contributed by atoms with Crippen molar-refractivity contribution in [2.75, 3.05) is 6.61 Å². The smallest absolute Gasteiger partial charge is 0.268 e. The van der Waals surface area contributed by atoms with Crippen molar-refractivity contribution in [1.29, 1.82) is 0 Å². The van der Waals surface area contributed by atoms with Gasteiger partial charge in [0.05, 0.1) is 30.6 Å². The first-order valence-corrected chi connectivity index (χ1v) is 8.04. The molecule has 130 valence electrons. The quantitative estimate of drug-likeness (QED) is 0.684. The standard InChI is InChI=1S/C18H20N4O3/c1-12(23)16(22-10-15(18(19)24)20-11-22)8-9-25-17-7-6-13-4-2-3-5-14(13)21-17/h2-7,10-12,16,23H,8-9H2,1H3,(H2,19,24). The Bertz CT molecular complexity index is 875. The van der Waals surface area contributed by atoms with Gasteiger partial charge in [0.15, 0.2) is 0 Å². The average molecular weight is 340 g/mol. The largest absolute Gasteiger partial charge is 0.478 e. The molecule has 3 aromatic rings. The topological polar surface area (TPSA) is 103 Å². The fraction of sp³-hybridized carbons (Fsp3) is 0.278. The maximum atomic E-state index is 11.2. The average Bonchev–Trinajstić information content (AvgIpc) is 3.08. The first-order chi connectivity index (χ1) is 12.0. The number of amides is 1. The number of aliphatic hydroxyl groups is 1. The van der Waals surface area contributed by atoms with Crippen LogP contribution in [0.2, 0.25) is 0 Å².